The Hall–Kier alpha value is -2.54. The van der Waals surface area contributed by atoms with Gasteiger partial charge >= 0.3 is 0 Å². The summed E-state index contributed by atoms with van der Waals surface area (Å²) in [5.41, 5.74) is 0.488. The number of hydrogen-bond acceptors (Lipinski definition) is 5. The lowest BCUT2D eigenvalue weighted by Gasteiger charge is -2.11. The van der Waals surface area contributed by atoms with Crippen molar-refractivity contribution < 1.29 is 9.72 Å². The normalized spacial score (nSPS) is 11.7. The number of halogens is 1. The third kappa shape index (κ3) is 3.73. The van der Waals surface area contributed by atoms with E-state index in [1.165, 1.54) is 24.5 Å². The predicted molar refractivity (Wildman–Crippen MR) is 77.2 cm³/mol. The van der Waals surface area contributed by atoms with Crippen LogP contribution < -0.4 is 5.32 Å². The Kier molecular flexibility index (Phi) is 4.44. The zero-order valence-electron chi connectivity index (χ0n) is 11.0. The quantitative estimate of drug-likeness (QED) is 0.691. The highest BCUT2D eigenvalue weighted by molar-refractivity contribution is 6.29. The van der Waals surface area contributed by atoms with Gasteiger partial charge in [-0.25, -0.2) is 9.97 Å². The number of benzene rings is 1. The van der Waals surface area contributed by atoms with Crippen LogP contribution in [0.2, 0.25) is 5.15 Å². The molecule has 0 aliphatic heterocycles. The first-order valence-corrected chi connectivity index (χ1v) is 6.38. The number of rotatable bonds is 4. The molecule has 21 heavy (non-hydrogen) atoms. The Morgan fingerprint density at radius 1 is 1.38 bits per heavy atom. The molecule has 1 amide bonds. The molecule has 1 N–H and O–H groups in total. The number of nitro benzene ring substituents is 1. The lowest BCUT2D eigenvalue weighted by atomic mass is 10.00. The molecule has 1 heterocycles. The maximum absolute atomic E-state index is 12.1. The molecule has 7 nitrogen and oxygen atoms in total. The van der Waals surface area contributed by atoms with Crippen LogP contribution in [0.5, 0.6) is 0 Å². The molecular weight excluding hydrogens is 296 g/mol. The summed E-state index contributed by atoms with van der Waals surface area (Å²) in [6.07, 6.45) is 2.65. The second-order valence-electron chi connectivity index (χ2n) is 4.29. The first-order valence-electron chi connectivity index (χ1n) is 6.00. The fourth-order valence-electron chi connectivity index (χ4n) is 1.67. The van der Waals surface area contributed by atoms with Crippen LogP contribution in [-0.2, 0) is 4.79 Å². The summed E-state index contributed by atoms with van der Waals surface area (Å²) in [4.78, 5) is 30.0. The van der Waals surface area contributed by atoms with E-state index >= 15 is 0 Å². The monoisotopic (exact) mass is 306 g/mol. The minimum atomic E-state index is -0.567. The standard InChI is InChI=1S/C13H11ClN4O3/c1-8(9-3-2-4-10(5-9)18(20)21)13(19)17-12-7-15-11(14)6-16-12/h2-8H,1H3,(H,16,17,19). The highest BCUT2D eigenvalue weighted by Gasteiger charge is 2.18. The summed E-state index contributed by atoms with van der Waals surface area (Å²) in [5, 5.41) is 13.5. The van der Waals surface area contributed by atoms with E-state index in [0.29, 0.717) is 5.56 Å². The average molecular weight is 307 g/mol. The molecule has 0 radical (unpaired) electrons. The molecule has 1 aromatic carbocycles. The predicted octanol–water partition coefficient (Wildman–Crippen LogP) is 2.78. The van der Waals surface area contributed by atoms with Crippen LogP contribution in [0.3, 0.4) is 0 Å². The molecule has 0 saturated heterocycles. The van der Waals surface area contributed by atoms with Crippen LogP contribution >= 0.6 is 11.6 Å². The van der Waals surface area contributed by atoms with Crippen LogP contribution in [0.1, 0.15) is 18.4 Å². The number of nitrogens with one attached hydrogen (secondary N) is 1. The van der Waals surface area contributed by atoms with Gasteiger partial charge in [-0.1, -0.05) is 23.7 Å². The molecule has 0 fully saturated rings. The van der Waals surface area contributed by atoms with Crippen molar-refractivity contribution in [2.45, 2.75) is 12.8 Å². The lowest BCUT2D eigenvalue weighted by molar-refractivity contribution is -0.384. The second kappa shape index (κ2) is 6.27. The second-order valence-corrected chi connectivity index (χ2v) is 4.67. The van der Waals surface area contributed by atoms with Gasteiger partial charge in [-0.2, -0.15) is 0 Å². The molecule has 0 aliphatic carbocycles. The molecule has 0 spiro atoms. The largest absolute Gasteiger partial charge is 0.309 e. The number of aromatic nitrogens is 2. The molecular formula is C13H11ClN4O3. The number of amides is 1. The van der Waals surface area contributed by atoms with Gasteiger partial charge in [0, 0.05) is 12.1 Å². The topological polar surface area (TPSA) is 98.0 Å². The maximum Gasteiger partial charge on any atom is 0.269 e. The Bertz CT molecular complexity index is 675. The van der Waals surface area contributed by atoms with Gasteiger partial charge in [0.05, 0.1) is 23.2 Å². The summed E-state index contributed by atoms with van der Waals surface area (Å²) in [6, 6.07) is 5.95. The van der Waals surface area contributed by atoms with Crippen LogP contribution in [-0.4, -0.2) is 20.8 Å². The summed E-state index contributed by atoms with van der Waals surface area (Å²) in [7, 11) is 0. The van der Waals surface area contributed by atoms with Gasteiger partial charge < -0.3 is 5.32 Å². The molecule has 0 saturated carbocycles. The summed E-state index contributed by atoms with van der Waals surface area (Å²) < 4.78 is 0. The number of carbonyl (C=O) groups is 1. The number of carbonyl (C=O) groups excluding carboxylic acids is 1. The van der Waals surface area contributed by atoms with Gasteiger partial charge in [-0.3, -0.25) is 14.9 Å². The number of nitrogens with zero attached hydrogens (tertiary/aromatic N) is 3. The lowest BCUT2D eigenvalue weighted by Crippen LogP contribution is -2.19. The molecule has 8 heteroatoms. The van der Waals surface area contributed by atoms with E-state index in [4.69, 9.17) is 11.6 Å². The average Bonchev–Trinajstić information content (AvgIpc) is 2.49. The number of hydrogen-bond donors (Lipinski definition) is 1. The van der Waals surface area contributed by atoms with Crippen LogP contribution in [0.15, 0.2) is 36.7 Å². The zero-order valence-corrected chi connectivity index (χ0v) is 11.7. The van der Waals surface area contributed by atoms with E-state index in [-0.39, 0.29) is 22.6 Å². The highest BCUT2D eigenvalue weighted by atomic mass is 35.5. The van der Waals surface area contributed by atoms with Crippen molar-refractivity contribution in [2.75, 3.05) is 5.32 Å². The summed E-state index contributed by atoms with van der Waals surface area (Å²) >= 11 is 5.60. The first kappa shape index (κ1) is 14.9. The van der Waals surface area contributed by atoms with Gasteiger partial charge in [0.2, 0.25) is 5.91 Å². The number of nitro groups is 1. The van der Waals surface area contributed by atoms with E-state index in [9.17, 15) is 14.9 Å². The highest BCUT2D eigenvalue weighted by Crippen LogP contribution is 2.21. The van der Waals surface area contributed by atoms with Crippen LogP contribution in [0.25, 0.3) is 0 Å². The SMILES string of the molecule is CC(C(=O)Nc1cnc(Cl)cn1)c1cccc([N+](=O)[O-])c1. The van der Waals surface area contributed by atoms with Crippen molar-refractivity contribution in [2.24, 2.45) is 0 Å². The Labute approximate surface area is 125 Å². The fourth-order valence-corrected chi connectivity index (χ4v) is 1.77. The molecule has 108 valence electrons. The number of non-ortho nitro benzene ring substituents is 1. The maximum atomic E-state index is 12.1. The van der Waals surface area contributed by atoms with E-state index in [2.05, 4.69) is 15.3 Å². The van der Waals surface area contributed by atoms with E-state index in [1.54, 1.807) is 19.1 Å². The number of anilines is 1. The molecule has 1 unspecified atom stereocenters. The smallest absolute Gasteiger partial charge is 0.269 e. The Morgan fingerprint density at radius 3 is 2.76 bits per heavy atom. The van der Waals surface area contributed by atoms with Crippen LogP contribution in [0, 0.1) is 10.1 Å². The van der Waals surface area contributed by atoms with Crippen molar-refractivity contribution in [3.05, 3.63) is 57.5 Å². The van der Waals surface area contributed by atoms with Gasteiger partial charge in [-0.05, 0) is 12.5 Å². The van der Waals surface area contributed by atoms with E-state index in [0.717, 1.165) is 0 Å². The van der Waals surface area contributed by atoms with Crippen molar-refractivity contribution in [3.8, 4) is 0 Å². The molecule has 0 bridgehead atoms. The van der Waals surface area contributed by atoms with Crippen molar-refractivity contribution in [3.63, 3.8) is 0 Å². The Balaban J connectivity index is 2.13. The fraction of sp³-hybridized carbons (Fsp3) is 0.154. The first-order chi connectivity index (χ1) is 9.97. The molecule has 2 rings (SSSR count). The molecule has 1 aromatic heterocycles. The Morgan fingerprint density at radius 2 is 2.14 bits per heavy atom. The van der Waals surface area contributed by atoms with Gasteiger partial charge in [0.1, 0.15) is 5.15 Å². The summed E-state index contributed by atoms with van der Waals surface area (Å²) in [6.45, 7) is 1.65. The molecule has 0 aliphatic rings. The van der Waals surface area contributed by atoms with Gasteiger partial charge in [0.25, 0.3) is 5.69 Å². The van der Waals surface area contributed by atoms with Crippen molar-refractivity contribution >= 4 is 29.0 Å². The third-order valence-corrected chi connectivity index (χ3v) is 3.04. The van der Waals surface area contributed by atoms with Gasteiger partial charge in [0.15, 0.2) is 5.82 Å². The minimum Gasteiger partial charge on any atom is -0.309 e. The zero-order chi connectivity index (χ0) is 15.4. The molecule has 2 aromatic rings. The van der Waals surface area contributed by atoms with Crippen molar-refractivity contribution in [1.29, 1.82) is 0 Å². The third-order valence-electron chi connectivity index (χ3n) is 2.85. The van der Waals surface area contributed by atoms with Crippen LogP contribution in [0.4, 0.5) is 11.5 Å². The van der Waals surface area contributed by atoms with Crippen molar-refractivity contribution in [1.82, 2.24) is 9.97 Å². The van der Waals surface area contributed by atoms with E-state index in [1.807, 2.05) is 0 Å². The molecule has 1 atom stereocenters. The summed E-state index contributed by atoms with van der Waals surface area (Å²) in [5.74, 6) is -0.642. The van der Waals surface area contributed by atoms with Gasteiger partial charge in [-0.15, -0.1) is 0 Å². The van der Waals surface area contributed by atoms with E-state index < -0.39 is 10.8 Å². The minimum absolute atomic E-state index is 0.0570.